The molecule has 3 rings (SSSR count). The molecule has 0 aliphatic carbocycles. The number of hydrogen-bond donors (Lipinski definition) is 2. The molecule has 4 heteroatoms. The third-order valence-corrected chi connectivity index (χ3v) is 5.65. The lowest BCUT2D eigenvalue weighted by atomic mass is 9.59. The molecule has 3 fully saturated rings. The average molecular weight is 269 g/mol. The lowest BCUT2D eigenvalue weighted by Gasteiger charge is -2.51. The molecule has 3 aliphatic rings. The maximum atomic E-state index is 11.3. The third-order valence-electron chi connectivity index (χ3n) is 5.65. The Hall–Kier alpha value is -0.160. The fraction of sp³-hybridized carbons (Fsp3) is 1.00. The van der Waals surface area contributed by atoms with Gasteiger partial charge in [0, 0.05) is 31.4 Å². The Kier molecular flexibility index (Phi) is 3.63. The van der Waals surface area contributed by atoms with Crippen molar-refractivity contribution < 1.29 is 14.6 Å². The summed E-state index contributed by atoms with van der Waals surface area (Å²) >= 11 is 0. The fourth-order valence-corrected chi connectivity index (χ4v) is 4.59. The van der Waals surface area contributed by atoms with Crippen molar-refractivity contribution >= 4 is 0 Å². The van der Waals surface area contributed by atoms with Gasteiger partial charge in [0.2, 0.25) is 0 Å². The van der Waals surface area contributed by atoms with E-state index in [-0.39, 0.29) is 17.6 Å². The first-order chi connectivity index (χ1) is 9.13. The van der Waals surface area contributed by atoms with E-state index in [1.54, 1.807) is 0 Å². The largest absolute Gasteiger partial charge is 0.389 e. The summed E-state index contributed by atoms with van der Waals surface area (Å²) in [6.07, 6.45) is 7.35. The van der Waals surface area contributed by atoms with E-state index < -0.39 is 5.60 Å². The van der Waals surface area contributed by atoms with E-state index in [1.807, 2.05) is 0 Å². The molecule has 0 saturated carbocycles. The van der Waals surface area contributed by atoms with E-state index in [2.05, 4.69) is 6.92 Å². The van der Waals surface area contributed by atoms with Gasteiger partial charge in [-0.2, -0.15) is 0 Å². The van der Waals surface area contributed by atoms with Crippen LogP contribution in [0.4, 0.5) is 0 Å². The quantitative estimate of drug-likeness (QED) is 0.813. The van der Waals surface area contributed by atoms with Crippen LogP contribution in [0.3, 0.4) is 0 Å². The highest BCUT2D eigenvalue weighted by molar-refractivity contribution is 5.12. The number of fused-ring (bicyclic) bond motifs is 2. The minimum atomic E-state index is -0.695. The van der Waals surface area contributed by atoms with Crippen LogP contribution in [0.15, 0.2) is 0 Å². The number of aliphatic hydroxyl groups is 1. The van der Waals surface area contributed by atoms with Crippen molar-refractivity contribution in [2.24, 2.45) is 11.1 Å². The molecule has 0 aromatic heterocycles. The van der Waals surface area contributed by atoms with Crippen molar-refractivity contribution in [1.29, 1.82) is 0 Å². The lowest BCUT2D eigenvalue weighted by molar-refractivity contribution is -0.181. The Morgan fingerprint density at radius 3 is 2.74 bits per heavy atom. The molecule has 3 saturated heterocycles. The molecule has 0 radical (unpaired) electrons. The van der Waals surface area contributed by atoms with E-state index in [9.17, 15) is 5.11 Å². The predicted octanol–water partition coefficient (Wildman–Crippen LogP) is 1.59. The van der Waals surface area contributed by atoms with Gasteiger partial charge in [0.15, 0.2) is 0 Å². The second kappa shape index (κ2) is 4.99. The second-order valence-corrected chi connectivity index (χ2v) is 6.66. The van der Waals surface area contributed by atoms with Crippen LogP contribution in [0.5, 0.6) is 0 Å². The zero-order chi connectivity index (χ0) is 13.5. The van der Waals surface area contributed by atoms with E-state index in [0.717, 1.165) is 38.5 Å². The molecular formula is C15H27NO3. The summed E-state index contributed by atoms with van der Waals surface area (Å²) in [7, 11) is 0. The molecule has 0 amide bonds. The van der Waals surface area contributed by atoms with Crippen LogP contribution in [0.1, 0.15) is 51.9 Å². The Labute approximate surface area is 115 Å². The SMILES string of the molecule is CCCC1CC(O)(C2(CN)CC3CCC2O3)CCO1. The van der Waals surface area contributed by atoms with Gasteiger partial charge in [0.05, 0.1) is 23.9 Å². The predicted molar refractivity (Wildman–Crippen MR) is 72.8 cm³/mol. The molecule has 3 heterocycles. The van der Waals surface area contributed by atoms with Crippen molar-refractivity contribution in [3.05, 3.63) is 0 Å². The molecule has 3 aliphatic heterocycles. The fourth-order valence-electron chi connectivity index (χ4n) is 4.59. The van der Waals surface area contributed by atoms with Gasteiger partial charge in [0.25, 0.3) is 0 Å². The highest BCUT2D eigenvalue weighted by Gasteiger charge is 2.62. The van der Waals surface area contributed by atoms with Gasteiger partial charge in [-0.3, -0.25) is 0 Å². The summed E-state index contributed by atoms with van der Waals surface area (Å²) in [6, 6.07) is 0. The van der Waals surface area contributed by atoms with Gasteiger partial charge in [-0.05, 0) is 25.7 Å². The molecule has 0 aromatic carbocycles. The summed E-state index contributed by atoms with van der Waals surface area (Å²) in [4.78, 5) is 0. The van der Waals surface area contributed by atoms with Crippen molar-refractivity contribution in [1.82, 2.24) is 0 Å². The van der Waals surface area contributed by atoms with Crippen LogP contribution in [0.25, 0.3) is 0 Å². The molecule has 0 spiro atoms. The zero-order valence-corrected chi connectivity index (χ0v) is 11.9. The normalized spacial score (nSPS) is 49.7. The maximum Gasteiger partial charge on any atom is 0.0788 e. The van der Waals surface area contributed by atoms with Gasteiger partial charge in [0.1, 0.15) is 0 Å². The Bertz CT molecular complexity index is 335. The van der Waals surface area contributed by atoms with E-state index in [0.29, 0.717) is 25.7 Å². The second-order valence-electron chi connectivity index (χ2n) is 6.66. The van der Waals surface area contributed by atoms with Crippen LogP contribution >= 0.6 is 0 Å². The number of ether oxygens (including phenoxy) is 2. The topological polar surface area (TPSA) is 64.7 Å². The summed E-state index contributed by atoms with van der Waals surface area (Å²) in [5.74, 6) is 0. The molecule has 19 heavy (non-hydrogen) atoms. The van der Waals surface area contributed by atoms with Gasteiger partial charge < -0.3 is 20.3 Å². The molecular weight excluding hydrogens is 242 g/mol. The number of nitrogens with two attached hydrogens (primary N) is 1. The molecule has 3 N–H and O–H groups in total. The van der Waals surface area contributed by atoms with Crippen LogP contribution in [0, 0.1) is 5.41 Å². The molecule has 110 valence electrons. The van der Waals surface area contributed by atoms with E-state index in [4.69, 9.17) is 15.2 Å². The van der Waals surface area contributed by atoms with E-state index in [1.165, 1.54) is 0 Å². The molecule has 5 unspecified atom stereocenters. The summed E-state index contributed by atoms with van der Waals surface area (Å²) in [6.45, 7) is 3.35. The Balaban J connectivity index is 1.81. The third kappa shape index (κ3) is 2.04. The van der Waals surface area contributed by atoms with Crippen LogP contribution in [0.2, 0.25) is 0 Å². The number of hydrogen-bond acceptors (Lipinski definition) is 4. The maximum absolute atomic E-state index is 11.3. The molecule has 5 atom stereocenters. The van der Waals surface area contributed by atoms with Gasteiger partial charge in [-0.1, -0.05) is 13.3 Å². The average Bonchev–Trinajstić information content (AvgIpc) is 3.00. The Morgan fingerprint density at radius 1 is 1.32 bits per heavy atom. The standard InChI is InChI=1S/C15H27NO3/c1-2-3-11-9-15(17,6-7-18-11)14(10-16)8-12-4-5-13(14)19-12/h11-13,17H,2-10,16H2,1H3. The Morgan fingerprint density at radius 2 is 2.16 bits per heavy atom. The van der Waals surface area contributed by atoms with Crippen LogP contribution < -0.4 is 5.73 Å². The highest BCUT2D eigenvalue weighted by atomic mass is 16.5. The van der Waals surface area contributed by atoms with Crippen molar-refractivity contribution in [3.8, 4) is 0 Å². The minimum absolute atomic E-state index is 0.160. The summed E-state index contributed by atoms with van der Waals surface area (Å²) in [5.41, 5.74) is 5.18. The van der Waals surface area contributed by atoms with Crippen LogP contribution in [-0.4, -0.2) is 42.2 Å². The van der Waals surface area contributed by atoms with E-state index >= 15 is 0 Å². The monoisotopic (exact) mass is 269 g/mol. The first kappa shape index (κ1) is 13.8. The van der Waals surface area contributed by atoms with Gasteiger partial charge >= 0.3 is 0 Å². The van der Waals surface area contributed by atoms with Crippen molar-refractivity contribution in [2.75, 3.05) is 13.2 Å². The van der Waals surface area contributed by atoms with Crippen molar-refractivity contribution in [3.63, 3.8) is 0 Å². The first-order valence-electron chi connectivity index (χ1n) is 7.83. The highest BCUT2D eigenvalue weighted by Crippen LogP contribution is 2.56. The molecule has 2 bridgehead atoms. The summed E-state index contributed by atoms with van der Waals surface area (Å²) in [5, 5.41) is 11.3. The van der Waals surface area contributed by atoms with Gasteiger partial charge in [-0.15, -0.1) is 0 Å². The zero-order valence-electron chi connectivity index (χ0n) is 11.9. The molecule has 0 aromatic rings. The van der Waals surface area contributed by atoms with Crippen LogP contribution in [-0.2, 0) is 9.47 Å². The number of rotatable bonds is 4. The molecule has 4 nitrogen and oxygen atoms in total. The summed E-state index contributed by atoms with van der Waals surface area (Å²) < 4.78 is 11.8. The van der Waals surface area contributed by atoms with Crippen molar-refractivity contribution in [2.45, 2.75) is 75.8 Å². The first-order valence-corrected chi connectivity index (χ1v) is 7.83. The van der Waals surface area contributed by atoms with Gasteiger partial charge in [-0.25, -0.2) is 0 Å². The minimum Gasteiger partial charge on any atom is -0.389 e. The lowest BCUT2D eigenvalue weighted by Crippen LogP contribution is -2.61. The smallest absolute Gasteiger partial charge is 0.0788 e.